The number of hydrogen-bond donors (Lipinski definition) is 3. The van der Waals surface area contributed by atoms with Crippen molar-refractivity contribution < 1.29 is 13.9 Å². The Labute approximate surface area is 175 Å². The molecule has 0 saturated carbocycles. The molecule has 7 heteroatoms. The molecule has 0 atom stereocenters. The molecule has 0 unspecified atom stereocenters. The molecule has 1 heterocycles. The van der Waals surface area contributed by atoms with Gasteiger partial charge in [-0.2, -0.15) is 0 Å². The summed E-state index contributed by atoms with van der Waals surface area (Å²) in [7, 11) is 0. The Hall–Kier alpha value is -3.32. The number of aromatic nitrogens is 1. The van der Waals surface area contributed by atoms with Gasteiger partial charge in [-0.1, -0.05) is 34.1 Å². The average molecular weight is 454 g/mol. The molecule has 3 aromatic carbocycles. The van der Waals surface area contributed by atoms with Crippen LogP contribution in [0.5, 0.6) is 11.5 Å². The lowest BCUT2D eigenvalue weighted by molar-refractivity contribution is 0.252. The third-order valence-electron chi connectivity index (χ3n) is 4.30. The molecule has 3 N–H and O–H groups in total. The van der Waals surface area contributed by atoms with Crippen molar-refractivity contribution in [1.29, 1.82) is 0 Å². The van der Waals surface area contributed by atoms with Crippen LogP contribution in [0.25, 0.3) is 10.9 Å². The molecule has 0 saturated heterocycles. The maximum atomic E-state index is 13.2. The number of carbonyl (C=O) groups is 1. The quantitative estimate of drug-likeness (QED) is 0.337. The summed E-state index contributed by atoms with van der Waals surface area (Å²) in [5.41, 5.74) is 2.56. The van der Waals surface area contributed by atoms with Crippen molar-refractivity contribution in [1.82, 2.24) is 10.3 Å². The second-order valence-corrected chi connectivity index (χ2v) is 7.32. The predicted octanol–water partition coefficient (Wildman–Crippen LogP) is 6.18. The fourth-order valence-corrected chi connectivity index (χ4v) is 3.25. The minimum Gasteiger partial charge on any atom is -0.457 e. The Morgan fingerprint density at radius 2 is 1.86 bits per heavy atom. The summed E-state index contributed by atoms with van der Waals surface area (Å²) in [5, 5.41) is 6.61. The summed E-state index contributed by atoms with van der Waals surface area (Å²) < 4.78 is 19.8. The molecule has 0 aliphatic rings. The van der Waals surface area contributed by atoms with Gasteiger partial charge in [-0.3, -0.25) is 0 Å². The highest BCUT2D eigenvalue weighted by atomic mass is 79.9. The summed E-state index contributed by atoms with van der Waals surface area (Å²) in [6, 6.07) is 18.7. The molecule has 4 rings (SSSR count). The number of halogens is 2. The molecule has 4 aromatic rings. The highest BCUT2D eigenvalue weighted by molar-refractivity contribution is 9.10. The van der Waals surface area contributed by atoms with Gasteiger partial charge in [-0.15, -0.1) is 0 Å². The lowest BCUT2D eigenvalue weighted by atomic mass is 10.2. The van der Waals surface area contributed by atoms with Crippen molar-refractivity contribution >= 4 is 38.6 Å². The fraction of sp³-hybridized carbons (Fsp3) is 0.0455. The first-order valence-corrected chi connectivity index (χ1v) is 9.70. The number of carbonyl (C=O) groups excluding carboxylic acids is 1. The second kappa shape index (κ2) is 8.36. The standard InChI is InChI=1S/C22H17BrFN3O2/c23-15-6-9-19-20(10-15)25-13-21(19)27-22(28)26-12-14-4-7-17(8-5-14)29-18-3-1-2-16(24)11-18/h1-11,13,25H,12H2,(H2,26,27,28). The monoisotopic (exact) mass is 453 g/mol. The first kappa shape index (κ1) is 19.0. The van der Waals surface area contributed by atoms with Gasteiger partial charge in [0.2, 0.25) is 0 Å². The van der Waals surface area contributed by atoms with Crippen LogP contribution in [0.15, 0.2) is 77.4 Å². The van der Waals surface area contributed by atoms with Gasteiger partial charge in [0.25, 0.3) is 0 Å². The van der Waals surface area contributed by atoms with E-state index in [1.807, 2.05) is 30.3 Å². The summed E-state index contributed by atoms with van der Waals surface area (Å²) in [4.78, 5) is 15.4. The van der Waals surface area contributed by atoms with E-state index in [4.69, 9.17) is 4.74 Å². The Kier molecular flexibility index (Phi) is 5.48. The molecule has 0 spiro atoms. The Morgan fingerprint density at radius 3 is 2.66 bits per heavy atom. The third-order valence-corrected chi connectivity index (χ3v) is 4.79. The molecule has 0 bridgehead atoms. The zero-order valence-corrected chi connectivity index (χ0v) is 16.8. The number of rotatable bonds is 5. The molecule has 2 amide bonds. The molecule has 0 radical (unpaired) electrons. The van der Waals surface area contributed by atoms with E-state index in [1.54, 1.807) is 30.5 Å². The molecule has 29 heavy (non-hydrogen) atoms. The zero-order valence-electron chi connectivity index (χ0n) is 15.2. The van der Waals surface area contributed by atoms with E-state index in [0.29, 0.717) is 23.7 Å². The Balaban J connectivity index is 1.33. The van der Waals surface area contributed by atoms with Gasteiger partial charge in [-0.05, 0) is 48.0 Å². The largest absolute Gasteiger partial charge is 0.457 e. The average Bonchev–Trinajstić information content (AvgIpc) is 3.09. The van der Waals surface area contributed by atoms with E-state index in [9.17, 15) is 9.18 Å². The van der Waals surface area contributed by atoms with Crippen LogP contribution < -0.4 is 15.4 Å². The third kappa shape index (κ3) is 4.75. The van der Waals surface area contributed by atoms with E-state index in [0.717, 1.165) is 20.9 Å². The molecule has 0 aliphatic carbocycles. The Bertz CT molecular complexity index is 1160. The molecule has 0 aliphatic heterocycles. The van der Waals surface area contributed by atoms with Crippen LogP contribution in [0, 0.1) is 5.82 Å². The first-order valence-electron chi connectivity index (χ1n) is 8.91. The predicted molar refractivity (Wildman–Crippen MR) is 115 cm³/mol. The number of anilines is 1. The molecular formula is C22H17BrFN3O2. The van der Waals surface area contributed by atoms with Crippen LogP contribution in [0.2, 0.25) is 0 Å². The van der Waals surface area contributed by atoms with Crippen molar-refractivity contribution in [2.45, 2.75) is 6.54 Å². The second-order valence-electron chi connectivity index (χ2n) is 6.40. The number of nitrogens with one attached hydrogen (secondary N) is 3. The van der Waals surface area contributed by atoms with Crippen molar-refractivity contribution in [3.8, 4) is 11.5 Å². The van der Waals surface area contributed by atoms with Crippen LogP contribution in [-0.2, 0) is 6.54 Å². The van der Waals surface area contributed by atoms with Crippen LogP contribution in [0.4, 0.5) is 14.9 Å². The lowest BCUT2D eigenvalue weighted by Crippen LogP contribution is -2.28. The molecule has 5 nitrogen and oxygen atoms in total. The highest BCUT2D eigenvalue weighted by Crippen LogP contribution is 2.26. The van der Waals surface area contributed by atoms with E-state index in [-0.39, 0.29) is 11.8 Å². The zero-order chi connectivity index (χ0) is 20.2. The van der Waals surface area contributed by atoms with E-state index >= 15 is 0 Å². The van der Waals surface area contributed by atoms with E-state index in [1.165, 1.54) is 12.1 Å². The van der Waals surface area contributed by atoms with Gasteiger partial charge in [0.05, 0.1) is 5.69 Å². The van der Waals surface area contributed by atoms with Crippen LogP contribution >= 0.6 is 15.9 Å². The van der Waals surface area contributed by atoms with E-state index < -0.39 is 0 Å². The minimum atomic E-state index is -0.350. The van der Waals surface area contributed by atoms with Gasteiger partial charge < -0.3 is 20.4 Å². The summed E-state index contributed by atoms with van der Waals surface area (Å²) >= 11 is 3.42. The normalized spacial score (nSPS) is 10.7. The van der Waals surface area contributed by atoms with Gasteiger partial charge >= 0.3 is 6.03 Å². The maximum absolute atomic E-state index is 13.2. The highest BCUT2D eigenvalue weighted by Gasteiger charge is 2.08. The number of benzene rings is 3. The number of hydrogen-bond acceptors (Lipinski definition) is 2. The number of urea groups is 1. The van der Waals surface area contributed by atoms with Gasteiger partial charge in [-0.25, -0.2) is 9.18 Å². The first-order chi connectivity index (χ1) is 14.1. The summed E-state index contributed by atoms with van der Waals surface area (Å²) in [6.45, 7) is 0.361. The fourth-order valence-electron chi connectivity index (χ4n) is 2.89. The number of ether oxygens (including phenoxy) is 1. The van der Waals surface area contributed by atoms with Crippen molar-refractivity contribution in [3.05, 3.63) is 88.8 Å². The van der Waals surface area contributed by atoms with Gasteiger partial charge in [0, 0.05) is 34.2 Å². The number of fused-ring (bicyclic) bond motifs is 1. The number of aromatic amines is 1. The van der Waals surface area contributed by atoms with E-state index in [2.05, 4.69) is 31.5 Å². The van der Waals surface area contributed by atoms with Crippen molar-refractivity contribution in [2.24, 2.45) is 0 Å². The molecule has 1 aromatic heterocycles. The van der Waals surface area contributed by atoms with Gasteiger partial charge in [0.15, 0.2) is 0 Å². The lowest BCUT2D eigenvalue weighted by Gasteiger charge is -2.09. The van der Waals surface area contributed by atoms with Crippen molar-refractivity contribution in [2.75, 3.05) is 5.32 Å². The summed E-state index contributed by atoms with van der Waals surface area (Å²) in [5.74, 6) is 0.673. The topological polar surface area (TPSA) is 66.2 Å². The number of amides is 2. The smallest absolute Gasteiger partial charge is 0.319 e. The van der Waals surface area contributed by atoms with Crippen molar-refractivity contribution in [3.63, 3.8) is 0 Å². The molecule has 0 fully saturated rings. The SMILES string of the molecule is O=C(NCc1ccc(Oc2cccc(F)c2)cc1)Nc1c[nH]c2cc(Br)ccc12. The van der Waals surface area contributed by atoms with Crippen LogP contribution in [-0.4, -0.2) is 11.0 Å². The molecule has 146 valence electrons. The van der Waals surface area contributed by atoms with Crippen LogP contribution in [0.1, 0.15) is 5.56 Å². The Morgan fingerprint density at radius 1 is 1.03 bits per heavy atom. The maximum Gasteiger partial charge on any atom is 0.319 e. The minimum absolute atomic E-state index is 0.297. The van der Waals surface area contributed by atoms with Crippen LogP contribution in [0.3, 0.4) is 0 Å². The van der Waals surface area contributed by atoms with Gasteiger partial charge in [0.1, 0.15) is 17.3 Å². The number of H-pyrrole nitrogens is 1. The summed E-state index contributed by atoms with van der Waals surface area (Å²) in [6.07, 6.45) is 1.76. The molecular weight excluding hydrogens is 437 g/mol.